The Labute approximate surface area is 167 Å². The van der Waals surface area contributed by atoms with Gasteiger partial charge < -0.3 is 4.90 Å². The Balaban J connectivity index is 2.09. The van der Waals surface area contributed by atoms with Crippen LogP contribution in [0.1, 0.15) is 50.8 Å². The molecule has 4 nitrogen and oxygen atoms in total. The van der Waals surface area contributed by atoms with E-state index >= 15 is 0 Å². The van der Waals surface area contributed by atoms with E-state index in [1.165, 1.54) is 34.1 Å². The number of thioether (sulfide) groups is 1. The number of fused-ring (bicyclic) bond motifs is 1. The number of aryl methyl sites for hydroxylation is 1. The summed E-state index contributed by atoms with van der Waals surface area (Å²) in [6.07, 6.45) is 5.47. The number of hydrogen-bond acceptors (Lipinski definition) is 4. The summed E-state index contributed by atoms with van der Waals surface area (Å²) < 4.78 is 0. The second kappa shape index (κ2) is 7.19. The van der Waals surface area contributed by atoms with E-state index in [4.69, 9.17) is 0 Å². The Morgan fingerprint density at radius 1 is 1.26 bits per heavy atom. The molecule has 1 aromatic rings. The molecule has 1 saturated heterocycles. The second-order valence-corrected chi connectivity index (χ2v) is 8.85. The maximum Gasteiger partial charge on any atom is 0.266 e. The van der Waals surface area contributed by atoms with Gasteiger partial charge in [-0.3, -0.25) is 14.7 Å². The number of anilines is 1. The van der Waals surface area contributed by atoms with Gasteiger partial charge in [-0.05, 0) is 80.8 Å². The van der Waals surface area contributed by atoms with Gasteiger partial charge in [0.15, 0.2) is 5.17 Å². The van der Waals surface area contributed by atoms with Crippen LogP contribution in [0.25, 0.3) is 11.6 Å². The minimum atomic E-state index is 0.00594. The molecule has 0 aromatic heterocycles. The van der Waals surface area contributed by atoms with Crippen molar-refractivity contribution in [2.24, 2.45) is 4.99 Å². The van der Waals surface area contributed by atoms with E-state index in [0.717, 1.165) is 28.6 Å². The zero-order chi connectivity index (χ0) is 19.9. The molecule has 1 aromatic carbocycles. The number of allylic oxidation sites excluding steroid dienone is 1. The van der Waals surface area contributed by atoms with Gasteiger partial charge in [0.25, 0.3) is 5.91 Å². The van der Waals surface area contributed by atoms with Gasteiger partial charge in [-0.1, -0.05) is 13.0 Å². The van der Waals surface area contributed by atoms with Gasteiger partial charge in [0.2, 0.25) is 0 Å². The van der Waals surface area contributed by atoms with Gasteiger partial charge in [-0.15, -0.1) is 0 Å². The number of nitrogens with zero attached hydrogens (tertiary/aromatic N) is 3. The first kappa shape index (κ1) is 19.7. The monoisotopic (exact) mass is 383 g/mol. The number of amidine groups is 1. The standard InChI is InChI=1S/C22H29N3OS/c1-8-9-25-18-10-14(2)16(11-17(18)15(3)13-22(25,4)5)12-19-20(26)24(7)21(23-6)27-19/h10-13H,8-9H2,1-7H3/b19-12+,23-21?. The van der Waals surface area contributed by atoms with Crippen LogP contribution in [0.2, 0.25) is 0 Å². The molecule has 0 N–H and O–H groups in total. The highest BCUT2D eigenvalue weighted by Crippen LogP contribution is 2.41. The molecule has 0 saturated carbocycles. The van der Waals surface area contributed by atoms with Crippen LogP contribution in [0, 0.1) is 6.92 Å². The van der Waals surface area contributed by atoms with Crippen molar-refractivity contribution in [1.82, 2.24) is 4.90 Å². The lowest BCUT2D eigenvalue weighted by Crippen LogP contribution is -2.45. The first-order valence-corrected chi connectivity index (χ1v) is 10.3. The average Bonchev–Trinajstić information content (AvgIpc) is 2.87. The molecule has 3 rings (SSSR count). The molecule has 0 bridgehead atoms. The third-order valence-electron chi connectivity index (χ3n) is 5.29. The van der Waals surface area contributed by atoms with E-state index in [1.54, 1.807) is 19.0 Å². The summed E-state index contributed by atoms with van der Waals surface area (Å²) >= 11 is 1.44. The van der Waals surface area contributed by atoms with E-state index in [2.05, 4.69) is 62.7 Å². The van der Waals surface area contributed by atoms with Crippen LogP contribution in [0.3, 0.4) is 0 Å². The van der Waals surface area contributed by atoms with E-state index < -0.39 is 0 Å². The third-order valence-corrected chi connectivity index (χ3v) is 6.45. The summed E-state index contributed by atoms with van der Waals surface area (Å²) in [7, 11) is 3.49. The molecule has 0 unspecified atom stereocenters. The summed E-state index contributed by atoms with van der Waals surface area (Å²) in [4.78, 5) is 21.5. The fraction of sp³-hybridized carbons (Fsp3) is 0.455. The van der Waals surface area contributed by atoms with Crippen molar-refractivity contribution in [3.63, 3.8) is 0 Å². The molecule has 0 aliphatic carbocycles. The molecular formula is C22H29N3OS. The Hall–Kier alpha value is -2.01. The topological polar surface area (TPSA) is 35.9 Å². The third kappa shape index (κ3) is 3.45. The number of amides is 1. The number of rotatable bonds is 3. The Morgan fingerprint density at radius 3 is 2.56 bits per heavy atom. The fourth-order valence-electron chi connectivity index (χ4n) is 3.92. The molecule has 27 heavy (non-hydrogen) atoms. The molecule has 0 radical (unpaired) electrons. The van der Waals surface area contributed by atoms with Crippen LogP contribution in [0.5, 0.6) is 0 Å². The van der Waals surface area contributed by atoms with Gasteiger partial charge in [-0.2, -0.15) is 0 Å². The number of carbonyl (C=O) groups excluding carboxylic acids is 1. The summed E-state index contributed by atoms with van der Waals surface area (Å²) in [5, 5.41) is 0.744. The van der Waals surface area contributed by atoms with Crippen LogP contribution < -0.4 is 4.90 Å². The molecule has 2 aliphatic heterocycles. The Kier molecular flexibility index (Phi) is 5.26. The lowest BCUT2D eigenvalue weighted by Gasteiger charge is -2.43. The van der Waals surface area contributed by atoms with Crippen LogP contribution in [0.15, 0.2) is 28.1 Å². The van der Waals surface area contributed by atoms with E-state index in [-0.39, 0.29) is 11.4 Å². The Bertz CT molecular complexity index is 880. The normalized spacial score (nSPS) is 21.9. The van der Waals surface area contributed by atoms with Gasteiger partial charge >= 0.3 is 0 Å². The van der Waals surface area contributed by atoms with Crippen molar-refractivity contribution in [2.75, 3.05) is 25.5 Å². The SMILES string of the molecule is CCCN1c2cc(C)c(/C=C3/SC(=NC)N(C)C3=O)cc2C(C)=CC1(C)C. The van der Waals surface area contributed by atoms with Crippen LogP contribution in [0.4, 0.5) is 5.69 Å². The lowest BCUT2D eigenvalue weighted by molar-refractivity contribution is -0.121. The van der Waals surface area contributed by atoms with Crippen molar-refractivity contribution in [1.29, 1.82) is 0 Å². The predicted molar refractivity (Wildman–Crippen MR) is 118 cm³/mol. The molecule has 5 heteroatoms. The maximum atomic E-state index is 12.5. The van der Waals surface area contributed by atoms with Gasteiger partial charge in [0.1, 0.15) is 0 Å². The number of hydrogen-bond donors (Lipinski definition) is 0. The zero-order valence-corrected chi connectivity index (χ0v) is 18.2. The molecule has 2 heterocycles. The van der Waals surface area contributed by atoms with Crippen molar-refractivity contribution >= 4 is 40.2 Å². The van der Waals surface area contributed by atoms with Gasteiger partial charge in [0.05, 0.1) is 10.4 Å². The first-order chi connectivity index (χ1) is 12.7. The summed E-state index contributed by atoms with van der Waals surface area (Å²) in [5.41, 5.74) is 6.13. The van der Waals surface area contributed by atoms with Crippen LogP contribution in [-0.2, 0) is 4.79 Å². The summed E-state index contributed by atoms with van der Waals surface area (Å²) in [6.45, 7) is 12.1. The average molecular weight is 384 g/mol. The summed E-state index contributed by atoms with van der Waals surface area (Å²) in [5.74, 6) is 0.0127. The quantitative estimate of drug-likeness (QED) is 0.694. The zero-order valence-electron chi connectivity index (χ0n) is 17.4. The van der Waals surface area contributed by atoms with Crippen molar-refractivity contribution in [2.45, 2.75) is 46.6 Å². The number of likely N-dealkylation sites (N-methyl/N-ethyl adjacent to an activating group) is 1. The highest BCUT2D eigenvalue weighted by Gasteiger charge is 2.32. The smallest absolute Gasteiger partial charge is 0.266 e. The molecule has 144 valence electrons. The Morgan fingerprint density at radius 2 is 1.96 bits per heavy atom. The molecule has 0 atom stereocenters. The van der Waals surface area contributed by atoms with Crippen LogP contribution in [-0.4, -0.2) is 42.2 Å². The van der Waals surface area contributed by atoms with Gasteiger partial charge in [-0.25, -0.2) is 0 Å². The first-order valence-electron chi connectivity index (χ1n) is 9.46. The minimum absolute atomic E-state index is 0.00594. The molecular weight excluding hydrogens is 354 g/mol. The number of carbonyl (C=O) groups is 1. The van der Waals surface area contributed by atoms with E-state index in [0.29, 0.717) is 0 Å². The van der Waals surface area contributed by atoms with Crippen molar-refractivity contribution in [3.8, 4) is 0 Å². The van der Waals surface area contributed by atoms with Crippen molar-refractivity contribution < 1.29 is 4.79 Å². The summed E-state index contributed by atoms with van der Waals surface area (Å²) in [6, 6.07) is 4.51. The second-order valence-electron chi connectivity index (χ2n) is 7.84. The maximum absolute atomic E-state index is 12.5. The fourth-order valence-corrected chi connectivity index (χ4v) is 4.84. The van der Waals surface area contributed by atoms with E-state index in [1.807, 2.05) is 6.08 Å². The largest absolute Gasteiger partial charge is 0.362 e. The number of benzene rings is 1. The predicted octanol–water partition coefficient (Wildman–Crippen LogP) is 4.94. The minimum Gasteiger partial charge on any atom is -0.362 e. The lowest BCUT2D eigenvalue weighted by atomic mass is 9.86. The van der Waals surface area contributed by atoms with Crippen LogP contribution >= 0.6 is 11.8 Å². The highest BCUT2D eigenvalue weighted by atomic mass is 32.2. The number of aliphatic imine (C=N–C) groups is 1. The molecule has 2 aliphatic rings. The van der Waals surface area contributed by atoms with E-state index in [9.17, 15) is 4.79 Å². The molecule has 1 amide bonds. The molecule has 1 fully saturated rings. The van der Waals surface area contributed by atoms with Gasteiger partial charge in [0, 0.05) is 31.9 Å². The van der Waals surface area contributed by atoms with Crippen molar-refractivity contribution in [3.05, 3.63) is 39.8 Å². The molecule has 0 spiro atoms. The highest BCUT2D eigenvalue weighted by molar-refractivity contribution is 8.18.